The quantitative estimate of drug-likeness (QED) is 0.822. The predicted octanol–water partition coefficient (Wildman–Crippen LogP) is 0.572. The van der Waals surface area contributed by atoms with Gasteiger partial charge in [-0.25, -0.2) is 0 Å². The first-order valence-electron chi connectivity index (χ1n) is 6.37. The summed E-state index contributed by atoms with van der Waals surface area (Å²) < 4.78 is 1.77. The molecule has 0 aliphatic carbocycles. The maximum absolute atomic E-state index is 5.48. The maximum Gasteiger partial charge on any atom is 0.0967 e. The Morgan fingerprint density at radius 2 is 2.05 bits per heavy atom. The molecule has 2 aromatic rings. The van der Waals surface area contributed by atoms with Crippen LogP contribution in [0.15, 0.2) is 24.4 Å². The normalized spacial score (nSPS) is 11.2. The fraction of sp³-hybridized carbons (Fsp3) is 0.462. The number of aromatic nitrogens is 4. The van der Waals surface area contributed by atoms with Gasteiger partial charge < -0.3 is 5.73 Å². The van der Waals surface area contributed by atoms with Crippen LogP contribution in [0.4, 0.5) is 0 Å². The molecular formula is C13H20N6. The second-order valence-corrected chi connectivity index (χ2v) is 4.70. The monoisotopic (exact) mass is 260 g/mol. The molecule has 0 aromatic carbocycles. The molecule has 2 aromatic heterocycles. The van der Waals surface area contributed by atoms with Gasteiger partial charge in [-0.3, -0.25) is 14.6 Å². The van der Waals surface area contributed by atoms with Crippen LogP contribution in [0, 0.1) is 6.92 Å². The number of rotatable bonds is 6. The fourth-order valence-electron chi connectivity index (χ4n) is 1.95. The van der Waals surface area contributed by atoms with Gasteiger partial charge in [-0.2, -0.15) is 0 Å². The summed E-state index contributed by atoms with van der Waals surface area (Å²) in [6.45, 7) is 4.83. The van der Waals surface area contributed by atoms with E-state index in [1.807, 2.05) is 38.4 Å². The molecule has 6 nitrogen and oxygen atoms in total. The summed E-state index contributed by atoms with van der Waals surface area (Å²) in [5, 5.41) is 8.15. The van der Waals surface area contributed by atoms with Crippen molar-refractivity contribution in [3.05, 3.63) is 41.5 Å². The van der Waals surface area contributed by atoms with E-state index in [0.29, 0.717) is 13.1 Å². The molecule has 0 bridgehead atoms. The first-order valence-corrected chi connectivity index (χ1v) is 6.37. The summed E-state index contributed by atoms with van der Waals surface area (Å²) in [5.74, 6) is 0. The molecule has 0 aliphatic heterocycles. The van der Waals surface area contributed by atoms with Crippen LogP contribution in [0.5, 0.6) is 0 Å². The van der Waals surface area contributed by atoms with Crippen molar-refractivity contribution in [2.24, 2.45) is 5.73 Å². The third-order valence-electron chi connectivity index (χ3n) is 2.75. The highest BCUT2D eigenvalue weighted by molar-refractivity contribution is 5.09. The van der Waals surface area contributed by atoms with E-state index >= 15 is 0 Å². The van der Waals surface area contributed by atoms with Gasteiger partial charge in [0.2, 0.25) is 0 Å². The van der Waals surface area contributed by atoms with Crippen molar-refractivity contribution in [2.75, 3.05) is 13.6 Å². The van der Waals surface area contributed by atoms with Gasteiger partial charge >= 0.3 is 0 Å². The van der Waals surface area contributed by atoms with Crippen molar-refractivity contribution in [2.45, 2.75) is 26.6 Å². The molecular weight excluding hydrogens is 240 g/mol. The number of nitrogens with two attached hydrogens (primary N) is 1. The average Bonchev–Trinajstić information content (AvgIpc) is 2.77. The Balaban J connectivity index is 1.91. The summed E-state index contributed by atoms with van der Waals surface area (Å²) >= 11 is 0. The number of nitrogens with zero attached hydrogens (tertiary/aromatic N) is 5. The smallest absolute Gasteiger partial charge is 0.0967 e. The SMILES string of the molecule is Cc1cccc(CN(C)Cc2cn(CCN)nn2)n1. The Morgan fingerprint density at radius 3 is 2.79 bits per heavy atom. The van der Waals surface area contributed by atoms with Crippen LogP contribution in [0.25, 0.3) is 0 Å². The van der Waals surface area contributed by atoms with Gasteiger partial charge in [0.05, 0.1) is 17.9 Å². The van der Waals surface area contributed by atoms with Crippen molar-refractivity contribution in [3.63, 3.8) is 0 Å². The third-order valence-corrected chi connectivity index (χ3v) is 2.75. The molecule has 0 saturated heterocycles. The van der Waals surface area contributed by atoms with Gasteiger partial charge in [0, 0.05) is 31.5 Å². The van der Waals surface area contributed by atoms with Crippen molar-refractivity contribution >= 4 is 0 Å². The molecule has 6 heteroatoms. The highest BCUT2D eigenvalue weighted by atomic mass is 15.4. The zero-order chi connectivity index (χ0) is 13.7. The van der Waals surface area contributed by atoms with Gasteiger partial charge in [-0.1, -0.05) is 11.3 Å². The minimum Gasteiger partial charge on any atom is -0.329 e. The summed E-state index contributed by atoms with van der Waals surface area (Å²) in [6.07, 6.45) is 1.94. The Morgan fingerprint density at radius 1 is 1.26 bits per heavy atom. The topological polar surface area (TPSA) is 72.9 Å². The second kappa shape index (κ2) is 6.40. The predicted molar refractivity (Wildman–Crippen MR) is 73.2 cm³/mol. The molecule has 2 heterocycles. The molecule has 0 saturated carbocycles. The highest BCUT2D eigenvalue weighted by Crippen LogP contribution is 2.05. The largest absolute Gasteiger partial charge is 0.329 e. The Kier molecular flexibility index (Phi) is 4.59. The first kappa shape index (κ1) is 13.6. The van der Waals surface area contributed by atoms with E-state index in [2.05, 4.69) is 20.2 Å². The standard InChI is InChI=1S/C13H20N6/c1-11-4-3-5-12(15-11)8-18(2)9-13-10-19(7-6-14)17-16-13/h3-5,10H,6-9,14H2,1-2H3. The van der Waals surface area contributed by atoms with Crippen molar-refractivity contribution in [1.82, 2.24) is 24.9 Å². The molecule has 0 spiro atoms. The molecule has 0 amide bonds. The number of aryl methyl sites for hydroxylation is 1. The summed E-state index contributed by atoms with van der Waals surface area (Å²) in [6, 6.07) is 6.07. The van der Waals surface area contributed by atoms with Crippen molar-refractivity contribution in [3.8, 4) is 0 Å². The average molecular weight is 260 g/mol. The van der Waals surface area contributed by atoms with Crippen LogP contribution in [-0.4, -0.2) is 38.5 Å². The van der Waals surface area contributed by atoms with Crippen LogP contribution in [0.1, 0.15) is 17.1 Å². The van der Waals surface area contributed by atoms with Crippen molar-refractivity contribution < 1.29 is 0 Å². The lowest BCUT2D eigenvalue weighted by Gasteiger charge is -2.14. The third kappa shape index (κ3) is 4.11. The van der Waals surface area contributed by atoms with Gasteiger partial charge in [0.15, 0.2) is 0 Å². The molecule has 0 fully saturated rings. The van der Waals surface area contributed by atoms with Gasteiger partial charge in [-0.05, 0) is 26.1 Å². The summed E-state index contributed by atoms with van der Waals surface area (Å²) in [4.78, 5) is 6.66. The number of pyridine rings is 1. The maximum atomic E-state index is 5.48. The molecule has 0 atom stereocenters. The minimum absolute atomic E-state index is 0.575. The van der Waals surface area contributed by atoms with Crippen LogP contribution >= 0.6 is 0 Å². The van der Waals surface area contributed by atoms with Gasteiger partial charge in [0.1, 0.15) is 0 Å². The zero-order valence-corrected chi connectivity index (χ0v) is 11.5. The van der Waals surface area contributed by atoms with Crippen molar-refractivity contribution in [1.29, 1.82) is 0 Å². The van der Waals surface area contributed by atoms with E-state index < -0.39 is 0 Å². The first-order chi connectivity index (χ1) is 9.17. The Hall–Kier alpha value is -1.79. The highest BCUT2D eigenvalue weighted by Gasteiger charge is 2.06. The number of hydrogen-bond donors (Lipinski definition) is 1. The van der Waals surface area contributed by atoms with Crippen LogP contribution in [-0.2, 0) is 19.6 Å². The lowest BCUT2D eigenvalue weighted by Crippen LogP contribution is -2.18. The van der Waals surface area contributed by atoms with E-state index in [0.717, 1.165) is 30.2 Å². The number of hydrogen-bond acceptors (Lipinski definition) is 5. The van der Waals surface area contributed by atoms with E-state index in [9.17, 15) is 0 Å². The van der Waals surface area contributed by atoms with E-state index in [1.165, 1.54) is 0 Å². The lowest BCUT2D eigenvalue weighted by molar-refractivity contribution is 0.311. The summed E-state index contributed by atoms with van der Waals surface area (Å²) in [7, 11) is 2.05. The minimum atomic E-state index is 0.575. The van der Waals surface area contributed by atoms with Crippen LogP contribution in [0.3, 0.4) is 0 Å². The Labute approximate surface area is 113 Å². The Bertz CT molecular complexity index is 521. The molecule has 0 unspecified atom stereocenters. The van der Waals surface area contributed by atoms with Gasteiger partial charge in [0.25, 0.3) is 0 Å². The molecule has 0 radical (unpaired) electrons. The van der Waals surface area contributed by atoms with E-state index in [4.69, 9.17) is 5.73 Å². The molecule has 2 N–H and O–H groups in total. The van der Waals surface area contributed by atoms with Crippen LogP contribution in [0.2, 0.25) is 0 Å². The lowest BCUT2D eigenvalue weighted by atomic mass is 10.3. The van der Waals surface area contributed by atoms with E-state index in [-0.39, 0.29) is 0 Å². The van der Waals surface area contributed by atoms with Gasteiger partial charge in [-0.15, -0.1) is 5.10 Å². The summed E-state index contributed by atoms with van der Waals surface area (Å²) in [5.41, 5.74) is 8.54. The van der Waals surface area contributed by atoms with Crippen LogP contribution < -0.4 is 5.73 Å². The molecule has 2 rings (SSSR count). The molecule has 102 valence electrons. The zero-order valence-electron chi connectivity index (χ0n) is 11.5. The molecule has 19 heavy (non-hydrogen) atoms. The second-order valence-electron chi connectivity index (χ2n) is 4.70. The fourth-order valence-corrected chi connectivity index (χ4v) is 1.95. The van der Waals surface area contributed by atoms with E-state index in [1.54, 1.807) is 4.68 Å². The molecule has 0 aliphatic rings.